The molecule has 0 radical (unpaired) electrons. The van der Waals surface area contributed by atoms with E-state index in [0.717, 1.165) is 34.5 Å². The number of ether oxygens (including phenoxy) is 2. The molecule has 0 fully saturated rings. The van der Waals surface area contributed by atoms with E-state index in [-0.39, 0.29) is 5.97 Å². The van der Waals surface area contributed by atoms with Gasteiger partial charge in [0.1, 0.15) is 5.60 Å². The molecule has 1 aromatic heterocycles. The minimum Gasteiger partial charge on any atom is -0.465 e. The summed E-state index contributed by atoms with van der Waals surface area (Å²) >= 11 is 0. The molecule has 0 spiro atoms. The number of hydrogen-bond acceptors (Lipinski definition) is 5. The number of imidazole rings is 1. The van der Waals surface area contributed by atoms with E-state index in [4.69, 9.17) is 15.2 Å². The smallest absolute Gasteiger partial charge is 0.339 e. The summed E-state index contributed by atoms with van der Waals surface area (Å²) in [5, 5.41) is 0. The predicted molar refractivity (Wildman–Crippen MR) is 127 cm³/mol. The van der Waals surface area contributed by atoms with Crippen LogP contribution in [0.2, 0.25) is 0 Å². The monoisotopic (exact) mass is 435 g/mol. The Hall–Kier alpha value is -3.12. The Morgan fingerprint density at radius 1 is 1.06 bits per heavy atom. The van der Waals surface area contributed by atoms with E-state index in [1.54, 1.807) is 6.07 Å². The van der Waals surface area contributed by atoms with Gasteiger partial charge in [-0.15, -0.1) is 0 Å². The van der Waals surface area contributed by atoms with E-state index in [0.29, 0.717) is 31.3 Å². The van der Waals surface area contributed by atoms with Gasteiger partial charge in [0.05, 0.1) is 30.1 Å². The van der Waals surface area contributed by atoms with Crippen LogP contribution in [0.4, 0.5) is 0 Å². The fourth-order valence-corrected chi connectivity index (χ4v) is 3.64. The van der Waals surface area contributed by atoms with E-state index >= 15 is 0 Å². The van der Waals surface area contributed by atoms with Gasteiger partial charge in [-0.2, -0.15) is 4.98 Å². The molecular formula is C26H33N3O3. The van der Waals surface area contributed by atoms with E-state index in [1.807, 2.05) is 62.6 Å². The summed E-state index contributed by atoms with van der Waals surface area (Å²) in [5.74, 6) is -0.323. The van der Waals surface area contributed by atoms with Crippen LogP contribution in [0.5, 0.6) is 6.01 Å². The average molecular weight is 436 g/mol. The molecule has 6 heteroatoms. The first-order valence-electron chi connectivity index (χ1n) is 11.1. The van der Waals surface area contributed by atoms with Crippen molar-refractivity contribution in [1.29, 1.82) is 0 Å². The van der Waals surface area contributed by atoms with Gasteiger partial charge in [0, 0.05) is 6.54 Å². The second-order valence-electron chi connectivity index (χ2n) is 8.61. The first-order valence-corrected chi connectivity index (χ1v) is 11.1. The highest BCUT2D eigenvalue weighted by Gasteiger charge is 2.21. The number of hydrogen-bond donors (Lipinski definition) is 1. The number of rotatable bonds is 8. The SMILES string of the molecule is CCOc1nc(CC)c(CN)n1Cc1ccc(-c2ccccc2C(=O)OC(C)(C)C)cc1. The van der Waals surface area contributed by atoms with Crippen LogP contribution in [0, 0.1) is 0 Å². The van der Waals surface area contributed by atoms with Crippen LogP contribution in [-0.4, -0.2) is 27.7 Å². The van der Waals surface area contributed by atoms with Gasteiger partial charge in [-0.25, -0.2) is 4.79 Å². The Kier molecular flexibility index (Phi) is 7.36. The molecule has 6 nitrogen and oxygen atoms in total. The van der Waals surface area contributed by atoms with Crippen molar-refractivity contribution >= 4 is 5.97 Å². The van der Waals surface area contributed by atoms with Gasteiger partial charge in [0.2, 0.25) is 0 Å². The minimum atomic E-state index is -0.546. The normalized spacial score (nSPS) is 11.4. The van der Waals surface area contributed by atoms with Crippen molar-refractivity contribution in [1.82, 2.24) is 9.55 Å². The molecule has 2 N–H and O–H groups in total. The number of aromatic nitrogens is 2. The number of carbonyl (C=O) groups is 1. The van der Waals surface area contributed by atoms with Gasteiger partial charge in [-0.05, 0) is 56.9 Å². The number of nitrogens with two attached hydrogens (primary N) is 1. The van der Waals surface area contributed by atoms with Crippen molar-refractivity contribution in [2.75, 3.05) is 6.61 Å². The maximum absolute atomic E-state index is 12.7. The molecule has 3 rings (SSSR count). The third kappa shape index (κ3) is 5.37. The van der Waals surface area contributed by atoms with Gasteiger partial charge in [0.15, 0.2) is 0 Å². The van der Waals surface area contributed by atoms with Crippen molar-refractivity contribution < 1.29 is 14.3 Å². The molecule has 0 aliphatic rings. The third-order valence-electron chi connectivity index (χ3n) is 5.07. The highest BCUT2D eigenvalue weighted by atomic mass is 16.6. The van der Waals surface area contributed by atoms with Crippen LogP contribution in [0.25, 0.3) is 11.1 Å². The lowest BCUT2D eigenvalue weighted by Crippen LogP contribution is -2.24. The summed E-state index contributed by atoms with van der Waals surface area (Å²) in [6.07, 6.45) is 0.806. The first-order chi connectivity index (χ1) is 15.3. The summed E-state index contributed by atoms with van der Waals surface area (Å²) < 4.78 is 13.4. The quantitative estimate of drug-likeness (QED) is 0.505. The Labute approximate surface area is 190 Å². The molecule has 0 bridgehead atoms. The highest BCUT2D eigenvalue weighted by Crippen LogP contribution is 2.27. The second kappa shape index (κ2) is 10.0. The van der Waals surface area contributed by atoms with Crippen molar-refractivity contribution in [3.05, 3.63) is 71.0 Å². The number of esters is 1. The molecule has 0 aliphatic heterocycles. The number of carbonyl (C=O) groups excluding carboxylic acids is 1. The number of aryl methyl sites for hydroxylation is 1. The molecular weight excluding hydrogens is 402 g/mol. The van der Waals surface area contributed by atoms with Crippen LogP contribution in [0.3, 0.4) is 0 Å². The minimum absolute atomic E-state index is 0.323. The summed E-state index contributed by atoms with van der Waals surface area (Å²) in [4.78, 5) is 17.3. The molecule has 170 valence electrons. The summed E-state index contributed by atoms with van der Waals surface area (Å²) in [6, 6.07) is 16.3. The summed E-state index contributed by atoms with van der Waals surface area (Å²) in [7, 11) is 0. The van der Waals surface area contributed by atoms with Gasteiger partial charge in [0.25, 0.3) is 6.01 Å². The van der Waals surface area contributed by atoms with Crippen molar-refractivity contribution in [3.63, 3.8) is 0 Å². The zero-order chi connectivity index (χ0) is 23.3. The van der Waals surface area contributed by atoms with Crippen molar-refractivity contribution in [3.8, 4) is 17.1 Å². The average Bonchev–Trinajstić information content (AvgIpc) is 3.09. The van der Waals surface area contributed by atoms with E-state index in [2.05, 4.69) is 24.0 Å². The lowest BCUT2D eigenvalue weighted by molar-refractivity contribution is 0.00704. The first kappa shape index (κ1) is 23.5. The molecule has 0 unspecified atom stereocenters. The standard InChI is InChI=1S/C26H33N3O3/c1-6-22-23(16-27)29(25(28-22)31-7-2)17-18-12-14-19(15-13-18)20-10-8-9-11-21(20)24(30)32-26(3,4)5/h8-15H,6-7,16-17,27H2,1-5H3. The predicted octanol–water partition coefficient (Wildman–Crippen LogP) is 4.97. The van der Waals surface area contributed by atoms with E-state index in [9.17, 15) is 4.79 Å². The summed E-state index contributed by atoms with van der Waals surface area (Å²) in [6.45, 7) is 11.2. The van der Waals surface area contributed by atoms with E-state index < -0.39 is 5.60 Å². The van der Waals surface area contributed by atoms with Crippen LogP contribution in [0.1, 0.15) is 61.9 Å². The zero-order valence-electron chi connectivity index (χ0n) is 19.6. The highest BCUT2D eigenvalue weighted by molar-refractivity contribution is 5.97. The van der Waals surface area contributed by atoms with Crippen LogP contribution in [0.15, 0.2) is 48.5 Å². The molecule has 2 aromatic carbocycles. The van der Waals surface area contributed by atoms with Crippen LogP contribution < -0.4 is 10.5 Å². The second-order valence-corrected chi connectivity index (χ2v) is 8.61. The Morgan fingerprint density at radius 2 is 1.75 bits per heavy atom. The maximum Gasteiger partial charge on any atom is 0.339 e. The fourth-order valence-electron chi connectivity index (χ4n) is 3.64. The summed E-state index contributed by atoms with van der Waals surface area (Å²) in [5.41, 5.74) is 10.9. The van der Waals surface area contributed by atoms with Crippen LogP contribution >= 0.6 is 0 Å². The molecule has 1 heterocycles. The molecule has 0 saturated heterocycles. The lowest BCUT2D eigenvalue weighted by atomic mass is 9.98. The molecule has 0 atom stereocenters. The number of nitrogens with zero attached hydrogens (tertiary/aromatic N) is 2. The zero-order valence-corrected chi connectivity index (χ0v) is 19.6. The Morgan fingerprint density at radius 3 is 2.34 bits per heavy atom. The Bertz CT molecular complexity index is 1060. The topological polar surface area (TPSA) is 79.4 Å². The van der Waals surface area contributed by atoms with Crippen LogP contribution in [-0.2, 0) is 24.2 Å². The van der Waals surface area contributed by atoms with E-state index in [1.165, 1.54) is 0 Å². The molecule has 0 saturated carbocycles. The fraction of sp³-hybridized carbons (Fsp3) is 0.385. The maximum atomic E-state index is 12.7. The van der Waals surface area contributed by atoms with Crippen molar-refractivity contribution in [2.24, 2.45) is 5.73 Å². The van der Waals surface area contributed by atoms with Crippen molar-refractivity contribution in [2.45, 2.75) is 59.7 Å². The lowest BCUT2D eigenvalue weighted by Gasteiger charge is -2.20. The molecule has 0 amide bonds. The molecule has 3 aromatic rings. The van der Waals surface area contributed by atoms with Gasteiger partial charge in [-0.1, -0.05) is 49.4 Å². The third-order valence-corrected chi connectivity index (χ3v) is 5.07. The molecule has 32 heavy (non-hydrogen) atoms. The number of benzene rings is 2. The largest absolute Gasteiger partial charge is 0.465 e. The molecule has 0 aliphatic carbocycles. The Balaban J connectivity index is 1.89. The van der Waals surface area contributed by atoms with Gasteiger partial charge in [-0.3, -0.25) is 4.57 Å². The van der Waals surface area contributed by atoms with Gasteiger partial charge >= 0.3 is 5.97 Å². The van der Waals surface area contributed by atoms with Gasteiger partial charge < -0.3 is 15.2 Å².